The first-order valence-electron chi connectivity index (χ1n) is 6.12. The first-order chi connectivity index (χ1) is 7.28. The highest BCUT2D eigenvalue weighted by Gasteiger charge is 2.40. The molecule has 2 fully saturated rings. The van der Waals surface area contributed by atoms with Crippen LogP contribution >= 0.6 is 27.5 Å². The highest BCUT2D eigenvalue weighted by molar-refractivity contribution is 9.09. The maximum Gasteiger partial charge on any atom is 0.0351 e. The molecule has 0 N–H and O–H groups in total. The summed E-state index contributed by atoms with van der Waals surface area (Å²) >= 11 is 9.42. The zero-order chi connectivity index (χ0) is 10.7. The van der Waals surface area contributed by atoms with Gasteiger partial charge in [0.05, 0.1) is 0 Å². The minimum Gasteiger partial charge on any atom is -0.302 e. The van der Waals surface area contributed by atoms with Crippen LogP contribution in [0.4, 0.5) is 0 Å². The summed E-state index contributed by atoms with van der Waals surface area (Å²) in [7, 11) is 0. The van der Waals surface area contributed by atoms with Crippen molar-refractivity contribution in [3.63, 3.8) is 0 Å². The third-order valence-corrected chi connectivity index (χ3v) is 5.39. The van der Waals surface area contributed by atoms with Gasteiger partial charge in [-0.25, -0.2) is 0 Å². The zero-order valence-electron chi connectivity index (χ0n) is 9.35. The van der Waals surface area contributed by atoms with Crippen LogP contribution < -0.4 is 0 Å². The van der Waals surface area contributed by atoms with Gasteiger partial charge in [-0.2, -0.15) is 0 Å². The molecular formula is C12H21BrClN. The lowest BCUT2D eigenvalue weighted by atomic mass is 9.70. The average Bonchev–Trinajstić information content (AvgIpc) is 2.64. The Morgan fingerprint density at radius 2 is 2.00 bits per heavy atom. The second-order valence-electron chi connectivity index (χ2n) is 5.31. The lowest BCUT2D eigenvalue weighted by Crippen LogP contribution is -2.32. The molecule has 0 aromatic heterocycles. The number of halogens is 2. The minimum absolute atomic E-state index is 0.671. The fourth-order valence-corrected chi connectivity index (χ4v) is 4.08. The van der Waals surface area contributed by atoms with Crippen LogP contribution in [0.15, 0.2) is 0 Å². The van der Waals surface area contributed by atoms with Gasteiger partial charge >= 0.3 is 0 Å². The number of likely N-dealkylation sites (tertiary alicyclic amines) is 1. The van der Waals surface area contributed by atoms with Crippen LogP contribution in [0.25, 0.3) is 0 Å². The third-order valence-electron chi connectivity index (χ3n) is 4.30. The molecule has 0 bridgehead atoms. The van der Waals surface area contributed by atoms with Crippen molar-refractivity contribution in [3.05, 3.63) is 0 Å². The summed E-state index contributed by atoms with van der Waals surface area (Å²) in [5.74, 6) is 1.73. The van der Waals surface area contributed by atoms with Gasteiger partial charge in [0.1, 0.15) is 0 Å². The second-order valence-corrected chi connectivity index (χ2v) is 6.34. The van der Waals surface area contributed by atoms with Crippen LogP contribution in [0.1, 0.15) is 32.1 Å². The Bertz CT molecular complexity index is 202. The Hall–Kier alpha value is 0.730. The van der Waals surface area contributed by atoms with Gasteiger partial charge in [0.15, 0.2) is 0 Å². The van der Waals surface area contributed by atoms with Crippen LogP contribution in [-0.2, 0) is 0 Å². The van der Waals surface area contributed by atoms with Gasteiger partial charge < -0.3 is 4.90 Å². The van der Waals surface area contributed by atoms with E-state index in [0.29, 0.717) is 5.41 Å². The summed E-state index contributed by atoms with van der Waals surface area (Å²) < 4.78 is 0. The minimum atomic E-state index is 0.671. The van der Waals surface area contributed by atoms with E-state index in [2.05, 4.69) is 20.8 Å². The maximum atomic E-state index is 5.81. The fraction of sp³-hybridized carbons (Fsp3) is 1.00. The standard InChI is InChI=1S/C12H21BrClN/c13-9-11-1-3-12(4-2-11)5-7-15(10-12)8-6-14/h11H,1-10H2. The number of nitrogens with zero attached hydrogens (tertiary/aromatic N) is 1. The molecule has 0 atom stereocenters. The molecule has 0 radical (unpaired) electrons. The molecule has 1 nitrogen and oxygen atoms in total. The molecule has 3 heteroatoms. The van der Waals surface area contributed by atoms with Gasteiger partial charge in [0.2, 0.25) is 0 Å². The van der Waals surface area contributed by atoms with Crippen LogP contribution in [0.3, 0.4) is 0 Å². The Morgan fingerprint density at radius 3 is 2.60 bits per heavy atom. The van der Waals surface area contributed by atoms with Crippen molar-refractivity contribution in [2.24, 2.45) is 11.3 Å². The zero-order valence-corrected chi connectivity index (χ0v) is 11.7. The SMILES string of the molecule is ClCCN1CCC2(CCC(CBr)CC2)C1. The van der Waals surface area contributed by atoms with E-state index in [9.17, 15) is 0 Å². The molecule has 1 aliphatic carbocycles. The van der Waals surface area contributed by atoms with E-state index in [0.717, 1.165) is 18.3 Å². The Labute approximate surface area is 107 Å². The summed E-state index contributed by atoms with van der Waals surface area (Å²) in [5.41, 5.74) is 0.671. The van der Waals surface area contributed by atoms with Crippen molar-refractivity contribution in [1.29, 1.82) is 0 Å². The topological polar surface area (TPSA) is 3.24 Å². The fourth-order valence-electron chi connectivity index (χ4n) is 3.19. The molecule has 0 amide bonds. The highest BCUT2D eigenvalue weighted by Crippen LogP contribution is 2.45. The first kappa shape index (κ1) is 12.2. The quantitative estimate of drug-likeness (QED) is 0.720. The van der Waals surface area contributed by atoms with E-state index < -0.39 is 0 Å². The largest absolute Gasteiger partial charge is 0.302 e. The average molecular weight is 295 g/mol. The van der Waals surface area contributed by atoms with Crippen molar-refractivity contribution in [3.8, 4) is 0 Å². The van der Waals surface area contributed by atoms with Crippen LogP contribution in [-0.4, -0.2) is 35.7 Å². The predicted molar refractivity (Wildman–Crippen MR) is 70.0 cm³/mol. The smallest absolute Gasteiger partial charge is 0.0351 e. The van der Waals surface area contributed by atoms with Crippen molar-refractivity contribution >= 4 is 27.5 Å². The Kier molecular flexibility index (Phi) is 4.37. The predicted octanol–water partition coefficient (Wildman–Crippen LogP) is 3.50. The van der Waals surface area contributed by atoms with E-state index in [4.69, 9.17) is 11.6 Å². The first-order valence-corrected chi connectivity index (χ1v) is 7.78. The van der Waals surface area contributed by atoms with Crippen molar-refractivity contribution in [1.82, 2.24) is 4.90 Å². The van der Waals surface area contributed by atoms with E-state index in [-0.39, 0.29) is 0 Å². The van der Waals surface area contributed by atoms with E-state index in [1.54, 1.807) is 0 Å². The molecule has 1 heterocycles. The third kappa shape index (κ3) is 2.89. The van der Waals surface area contributed by atoms with E-state index >= 15 is 0 Å². The summed E-state index contributed by atoms with van der Waals surface area (Å²) in [6.45, 7) is 3.69. The van der Waals surface area contributed by atoms with E-state index in [1.807, 2.05) is 0 Å². The summed E-state index contributed by atoms with van der Waals surface area (Å²) in [4.78, 5) is 2.56. The van der Waals surface area contributed by atoms with Crippen LogP contribution in [0, 0.1) is 11.3 Å². The van der Waals surface area contributed by atoms with Crippen molar-refractivity contribution in [2.45, 2.75) is 32.1 Å². The molecule has 2 aliphatic rings. The molecule has 1 saturated heterocycles. The number of hydrogen-bond acceptors (Lipinski definition) is 1. The lowest BCUT2D eigenvalue weighted by Gasteiger charge is -2.36. The summed E-state index contributed by atoms with van der Waals surface area (Å²) in [6.07, 6.45) is 7.17. The number of rotatable bonds is 3. The molecule has 2 rings (SSSR count). The summed E-state index contributed by atoms with van der Waals surface area (Å²) in [6, 6.07) is 0. The molecule has 0 aromatic carbocycles. The molecule has 1 spiro atoms. The highest BCUT2D eigenvalue weighted by atomic mass is 79.9. The van der Waals surface area contributed by atoms with E-state index in [1.165, 1.54) is 50.5 Å². The van der Waals surface area contributed by atoms with Crippen LogP contribution in [0.5, 0.6) is 0 Å². The molecule has 88 valence electrons. The normalized spacial score (nSPS) is 37.6. The van der Waals surface area contributed by atoms with Gasteiger partial charge in [-0.15, -0.1) is 11.6 Å². The van der Waals surface area contributed by atoms with Crippen LogP contribution in [0.2, 0.25) is 0 Å². The Morgan fingerprint density at radius 1 is 1.27 bits per heavy atom. The lowest BCUT2D eigenvalue weighted by molar-refractivity contribution is 0.160. The number of hydrogen-bond donors (Lipinski definition) is 0. The van der Waals surface area contributed by atoms with Gasteiger partial charge in [0, 0.05) is 24.3 Å². The van der Waals surface area contributed by atoms with Crippen molar-refractivity contribution < 1.29 is 0 Å². The molecular weight excluding hydrogens is 273 g/mol. The molecule has 0 unspecified atom stereocenters. The van der Waals surface area contributed by atoms with Crippen molar-refractivity contribution in [2.75, 3.05) is 30.8 Å². The number of alkyl halides is 2. The van der Waals surface area contributed by atoms with Gasteiger partial charge in [0.25, 0.3) is 0 Å². The second kappa shape index (κ2) is 5.37. The van der Waals surface area contributed by atoms with Gasteiger partial charge in [-0.3, -0.25) is 0 Å². The molecule has 0 aromatic rings. The Balaban J connectivity index is 1.83. The monoisotopic (exact) mass is 293 g/mol. The molecule has 15 heavy (non-hydrogen) atoms. The van der Waals surface area contributed by atoms with Gasteiger partial charge in [-0.05, 0) is 50.0 Å². The van der Waals surface area contributed by atoms with Gasteiger partial charge in [-0.1, -0.05) is 15.9 Å². The molecule has 1 aliphatic heterocycles. The molecule has 1 saturated carbocycles. The summed E-state index contributed by atoms with van der Waals surface area (Å²) in [5, 5.41) is 1.20. The maximum absolute atomic E-state index is 5.81.